The molecule has 2 N–H and O–H groups in total. The molecule has 0 aliphatic carbocycles. The van der Waals surface area contributed by atoms with Crippen molar-refractivity contribution in [3.63, 3.8) is 0 Å². The van der Waals surface area contributed by atoms with Crippen LogP contribution in [0.1, 0.15) is 22.8 Å². The second kappa shape index (κ2) is 7.40. The SMILES string of the molecule is CCOC(=O)c1c(O)c(=Cc2c[nH]c3ncccc23)oc1=C1C=CC=CC=N1. The molecule has 7 heteroatoms. The van der Waals surface area contributed by atoms with E-state index in [9.17, 15) is 9.90 Å². The van der Waals surface area contributed by atoms with E-state index in [0.29, 0.717) is 11.3 Å². The van der Waals surface area contributed by atoms with Crippen molar-refractivity contribution in [3.8, 4) is 5.75 Å². The summed E-state index contributed by atoms with van der Waals surface area (Å²) in [6.07, 6.45) is 13.7. The van der Waals surface area contributed by atoms with Gasteiger partial charge in [0, 0.05) is 29.6 Å². The van der Waals surface area contributed by atoms with Crippen molar-refractivity contribution >= 4 is 35.0 Å². The fraction of sp³-hybridized carbons (Fsp3) is 0.0952. The molecule has 3 aromatic rings. The van der Waals surface area contributed by atoms with Gasteiger partial charge in [0.25, 0.3) is 0 Å². The van der Waals surface area contributed by atoms with Gasteiger partial charge in [-0.2, -0.15) is 0 Å². The minimum absolute atomic E-state index is 0.0511. The highest BCUT2D eigenvalue weighted by atomic mass is 16.5. The molecular weight excluding hydrogens is 358 g/mol. The number of ether oxygens (including phenoxy) is 1. The number of aromatic nitrogens is 2. The average Bonchev–Trinajstić information content (AvgIpc) is 3.12. The van der Waals surface area contributed by atoms with E-state index in [0.717, 1.165) is 10.9 Å². The van der Waals surface area contributed by atoms with Gasteiger partial charge in [0.15, 0.2) is 22.1 Å². The fourth-order valence-electron chi connectivity index (χ4n) is 2.91. The Morgan fingerprint density at radius 3 is 3.11 bits per heavy atom. The van der Waals surface area contributed by atoms with Crippen molar-refractivity contribution in [2.24, 2.45) is 4.99 Å². The zero-order valence-electron chi connectivity index (χ0n) is 15.0. The topological polar surface area (TPSA) is 101 Å². The van der Waals surface area contributed by atoms with Gasteiger partial charge in [-0.3, -0.25) is 4.99 Å². The van der Waals surface area contributed by atoms with E-state index < -0.39 is 5.97 Å². The summed E-state index contributed by atoms with van der Waals surface area (Å²) in [6, 6.07) is 3.72. The first kappa shape index (κ1) is 17.5. The molecule has 0 aromatic carbocycles. The molecule has 28 heavy (non-hydrogen) atoms. The molecule has 140 valence electrons. The summed E-state index contributed by atoms with van der Waals surface area (Å²) in [5, 5.41) is 11.6. The number of aromatic hydroxyl groups is 1. The van der Waals surface area contributed by atoms with Crippen molar-refractivity contribution in [1.29, 1.82) is 0 Å². The maximum atomic E-state index is 12.5. The van der Waals surface area contributed by atoms with E-state index in [4.69, 9.17) is 9.15 Å². The number of esters is 1. The molecule has 0 fully saturated rings. The maximum absolute atomic E-state index is 12.5. The number of hydrogen-bond acceptors (Lipinski definition) is 6. The highest BCUT2D eigenvalue weighted by Crippen LogP contribution is 2.18. The summed E-state index contributed by atoms with van der Waals surface area (Å²) < 4.78 is 11.0. The third-order valence-corrected chi connectivity index (χ3v) is 4.17. The summed E-state index contributed by atoms with van der Waals surface area (Å²) in [5.41, 5.74) is 2.11. The first-order chi connectivity index (χ1) is 13.7. The van der Waals surface area contributed by atoms with E-state index in [1.54, 1.807) is 55.9 Å². The Kier molecular flexibility index (Phi) is 4.63. The van der Waals surface area contributed by atoms with Crippen LogP contribution in [0.5, 0.6) is 5.75 Å². The lowest BCUT2D eigenvalue weighted by molar-refractivity contribution is 0.0520. The molecule has 4 rings (SSSR count). The second-order valence-corrected chi connectivity index (χ2v) is 5.93. The molecule has 0 saturated heterocycles. The molecule has 3 aromatic heterocycles. The number of fused-ring (bicyclic) bond motifs is 1. The molecule has 0 spiro atoms. The first-order valence-electron chi connectivity index (χ1n) is 8.73. The summed E-state index contributed by atoms with van der Waals surface area (Å²) in [6.45, 7) is 1.87. The highest BCUT2D eigenvalue weighted by Gasteiger charge is 2.22. The number of H-pyrrole nitrogens is 1. The number of aromatic amines is 1. The third kappa shape index (κ3) is 3.14. The van der Waals surface area contributed by atoms with Crippen LogP contribution < -0.4 is 10.8 Å². The van der Waals surface area contributed by atoms with E-state index in [1.807, 2.05) is 12.1 Å². The zero-order chi connectivity index (χ0) is 19.5. The van der Waals surface area contributed by atoms with Crippen LogP contribution in [0.4, 0.5) is 0 Å². The molecule has 0 unspecified atom stereocenters. The molecule has 1 aliphatic heterocycles. The van der Waals surface area contributed by atoms with Crippen LogP contribution in [0.3, 0.4) is 0 Å². The van der Waals surface area contributed by atoms with Crippen LogP contribution in [-0.4, -0.2) is 33.9 Å². The monoisotopic (exact) mass is 375 g/mol. The molecule has 0 saturated carbocycles. The van der Waals surface area contributed by atoms with Crippen LogP contribution in [0, 0.1) is 0 Å². The van der Waals surface area contributed by atoms with Gasteiger partial charge >= 0.3 is 5.97 Å². The van der Waals surface area contributed by atoms with Crippen molar-refractivity contribution in [2.45, 2.75) is 6.92 Å². The number of rotatable bonds is 3. The molecule has 1 aliphatic rings. The smallest absolute Gasteiger partial charge is 0.345 e. The number of carbonyl (C=O) groups excluding carboxylic acids is 1. The number of furan rings is 1. The minimum Gasteiger partial charge on any atom is -0.504 e. The molecule has 7 nitrogen and oxygen atoms in total. The Morgan fingerprint density at radius 1 is 1.36 bits per heavy atom. The molecular formula is C21H17N3O4. The lowest BCUT2D eigenvalue weighted by atomic mass is 10.2. The summed E-state index contributed by atoms with van der Waals surface area (Å²) in [4.78, 5) is 24.0. The summed E-state index contributed by atoms with van der Waals surface area (Å²) >= 11 is 0. The normalized spacial score (nSPS) is 16.0. The number of carbonyl (C=O) groups is 1. The predicted octanol–water partition coefficient (Wildman–Crippen LogP) is 2.17. The van der Waals surface area contributed by atoms with E-state index in [1.165, 1.54) is 0 Å². The number of nitrogens with one attached hydrogen (secondary N) is 1. The van der Waals surface area contributed by atoms with Gasteiger partial charge in [0.05, 0.1) is 6.61 Å². The van der Waals surface area contributed by atoms with Crippen molar-refractivity contribution in [1.82, 2.24) is 9.97 Å². The molecule has 4 heterocycles. The standard InChI is InChI=1S/C21H17N3O4/c1-2-27-21(26)17-18(25)16(28-19(17)15-8-4-3-5-9-22-15)11-13-12-24-20-14(13)7-6-10-23-20/h3-12,25H,2H2,1H3,(H,23,24). The zero-order valence-corrected chi connectivity index (χ0v) is 15.0. The fourth-order valence-corrected chi connectivity index (χ4v) is 2.91. The lowest BCUT2D eigenvalue weighted by Gasteiger charge is -1.99. The average molecular weight is 375 g/mol. The van der Waals surface area contributed by atoms with Gasteiger partial charge in [0.2, 0.25) is 0 Å². The van der Waals surface area contributed by atoms with Crippen LogP contribution in [-0.2, 0) is 4.74 Å². The van der Waals surface area contributed by atoms with Gasteiger partial charge in [-0.05, 0) is 37.3 Å². The van der Waals surface area contributed by atoms with E-state index in [2.05, 4.69) is 15.0 Å². The predicted molar refractivity (Wildman–Crippen MR) is 105 cm³/mol. The van der Waals surface area contributed by atoms with Crippen molar-refractivity contribution in [2.75, 3.05) is 6.61 Å². The molecule has 0 radical (unpaired) electrons. The van der Waals surface area contributed by atoms with Crippen LogP contribution >= 0.6 is 0 Å². The van der Waals surface area contributed by atoms with Gasteiger partial charge in [-0.15, -0.1) is 0 Å². The van der Waals surface area contributed by atoms with E-state index >= 15 is 0 Å². The molecule has 0 amide bonds. The minimum atomic E-state index is -0.674. The van der Waals surface area contributed by atoms with Gasteiger partial charge in [-0.1, -0.05) is 12.2 Å². The third-order valence-electron chi connectivity index (χ3n) is 4.17. The van der Waals surface area contributed by atoms with Crippen LogP contribution in [0.25, 0.3) is 22.8 Å². The van der Waals surface area contributed by atoms with E-state index in [-0.39, 0.29) is 28.8 Å². The molecule has 0 atom stereocenters. The van der Waals surface area contributed by atoms with Crippen LogP contribution in [0.15, 0.2) is 58.2 Å². The number of allylic oxidation sites excluding steroid dienone is 3. The largest absolute Gasteiger partial charge is 0.504 e. The number of nitrogens with zero attached hydrogens (tertiary/aromatic N) is 2. The first-order valence-corrected chi connectivity index (χ1v) is 8.73. The number of pyridine rings is 1. The lowest BCUT2D eigenvalue weighted by Crippen LogP contribution is -2.16. The summed E-state index contributed by atoms with van der Waals surface area (Å²) in [5.74, 6) is -0.965. The maximum Gasteiger partial charge on any atom is 0.345 e. The number of aliphatic imine (C=N–C) groups is 1. The van der Waals surface area contributed by atoms with Gasteiger partial charge in [0.1, 0.15) is 11.3 Å². The quantitative estimate of drug-likeness (QED) is 0.684. The molecule has 0 bridgehead atoms. The second-order valence-electron chi connectivity index (χ2n) is 5.93. The van der Waals surface area contributed by atoms with Crippen molar-refractivity contribution in [3.05, 3.63) is 70.8 Å². The Balaban J connectivity index is 1.98. The number of hydrogen-bond donors (Lipinski definition) is 2. The highest BCUT2D eigenvalue weighted by molar-refractivity contribution is 5.94. The Bertz CT molecular complexity index is 1240. The van der Waals surface area contributed by atoms with Gasteiger partial charge < -0.3 is 19.2 Å². The Hall–Kier alpha value is -3.87. The Morgan fingerprint density at radius 2 is 2.25 bits per heavy atom. The van der Waals surface area contributed by atoms with Crippen LogP contribution in [0.2, 0.25) is 0 Å². The van der Waals surface area contributed by atoms with Gasteiger partial charge in [-0.25, -0.2) is 9.78 Å². The summed E-state index contributed by atoms with van der Waals surface area (Å²) in [7, 11) is 0. The van der Waals surface area contributed by atoms with Crippen molar-refractivity contribution < 1.29 is 19.1 Å². The Labute approximate surface area is 159 Å².